The Morgan fingerprint density at radius 2 is 2.05 bits per heavy atom. The van der Waals surface area contributed by atoms with Crippen LogP contribution in [0.4, 0.5) is 5.82 Å². The van der Waals surface area contributed by atoms with E-state index in [2.05, 4.69) is 34.0 Å². The first-order valence-electron chi connectivity index (χ1n) is 7.25. The summed E-state index contributed by atoms with van der Waals surface area (Å²) < 4.78 is 0. The maximum atomic E-state index is 6.21. The van der Waals surface area contributed by atoms with Crippen LogP contribution in [0.1, 0.15) is 25.2 Å². The SMILES string of the molecule is CCNCc1nc(N(CC)Cc2ccccn2)ccc1Cl. The summed E-state index contributed by atoms with van der Waals surface area (Å²) in [5.74, 6) is 0.931. The second-order valence-electron chi connectivity index (χ2n) is 4.71. The van der Waals surface area contributed by atoms with Gasteiger partial charge in [-0.05, 0) is 37.7 Å². The Kier molecular flexibility index (Phi) is 5.96. The van der Waals surface area contributed by atoms with Gasteiger partial charge in [0.05, 0.1) is 23.0 Å². The topological polar surface area (TPSA) is 41.1 Å². The van der Waals surface area contributed by atoms with Crippen LogP contribution in [0.3, 0.4) is 0 Å². The van der Waals surface area contributed by atoms with E-state index in [9.17, 15) is 0 Å². The number of halogens is 1. The molecule has 1 N–H and O–H groups in total. The van der Waals surface area contributed by atoms with Crippen molar-refractivity contribution < 1.29 is 0 Å². The van der Waals surface area contributed by atoms with E-state index in [4.69, 9.17) is 11.6 Å². The molecule has 0 aliphatic heterocycles. The quantitative estimate of drug-likeness (QED) is 0.852. The molecule has 0 radical (unpaired) electrons. The molecule has 0 aliphatic rings. The van der Waals surface area contributed by atoms with Gasteiger partial charge >= 0.3 is 0 Å². The molecule has 0 saturated heterocycles. The van der Waals surface area contributed by atoms with E-state index in [0.717, 1.165) is 36.8 Å². The number of pyridine rings is 2. The lowest BCUT2D eigenvalue weighted by Gasteiger charge is -2.22. The fourth-order valence-corrected chi connectivity index (χ4v) is 2.23. The van der Waals surface area contributed by atoms with Gasteiger partial charge in [-0.3, -0.25) is 4.98 Å². The second kappa shape index (κ2) is 7.96. The zero-order chi connectivity index (χ0) is 15.1. The van der Waals surface area contributed by atoms with Gasteiger partial charge in [-0.2, -0.15) is 0 Å². The minimum atomic E-state index is 0.685. The summed E-state index contributed by atoms with van der Waals surface area (Å²) in [7, 11) is 0. The molecule has 0 unspecified atom stereocenters. The number of anilines is 1. The van der Waals surface area contributed by atoms with Crippen molar-refractivity contribution in [3.63, 3.8) is 0 Å². The Morgan fingerprint density at radius 1 is 1.19 bits per heavy atom. The number of aromatic nitrogens is 2. The molecule has 0 bridgehead atoms. The summed E-state index contributed by atoms with van der Waals surface area (Å²) in [6.45, 7) is 7.37. The number of rotatable bonds is 7. The Hall–Kier alpha value is -1.65. The molecular formula is C16H21ClN4. The monoisotopic (exact) mass is 304 g/mol. The third kappa shape index (κ3) is 4.41. The van der Waals surface area contributed by atoms with Gasteiger partial charge in [0.2, 0.25) is 0 Å². The first-order chi connectivity index (χ1) is 10.2. The van der Waals surface area contributed by atoms with Gasteiger partial charge in [0.25, 0.3) is 0 Å². The van der Waals surface area contributed by atoms with Gasteiger partial charge in [0, 0.05) is 19.3 Å². The third-order valence-corrected chi connectivity index (χ3v) is 3.58. The normalized spacial score (nSPS) is 10.6. The summed E-state index contributed by atoms with van der Waals surface area (Å²) >= 11 is 6.21. The minimum Gasteiger partial charge on any atom is -0.351 e. The fourth-order valence-electron chi connectivity index (χ4n) is 2.06. The van der Waals surface area contributed by atoms with Crippen molar-refractivity contribution in [1.29, 1.82) is 0 Å². The van der Waals surface area contributed by atoms with Crippen molar-refractivity contribution in [2.24, 2.45) is 0 Å². The predicted octanol–water partition coefficient (Wildman–Crippen LogP) is 3.27. The lowest BCUT2D eigenvalue weighted by molar-refractivity contribution is 0.705. The van der Waals surface area contributed by atoms with E-state index in [0.29, 0.717) is 11.6 Å². The summed E-state index contributed by atoms with van der Waals surface area (Å²) in [6, 6.07) is 9.83. The molecule has 2 heterocycles. The van der Waals surface area contributed by atoms with Crippen LogP contribution < -0.4 is 10.2 Å². The summed E-state index contributed by atoms with van der Waals surface area (Å²) in [6.07, 6.45) is 1.81. The van der Waals surface area contributed by atoms with Crippen LogP contribution in [0.25, 0.3) is 0 Å². The zero-order valence-corrected chi connectivity index (χ0v) is 13.3. The van der Waals surface area contributed by atoms with Crippen LogP contribution in [0, 0.1) is 0 Å². The summed E-state index contributed by atoms with van der Waals surface area (Å²) in [5.41, 5.74) is 1.92. The molecule has 5 heteroatoms. The standard InChI is InChI=1S/C16H21ClN4/c1-3-18-11-15-14(17)8-9-16(20-15)21(4-2)12-13-7-5-6-10-19-13/h5-10,18H,3-4,11-12H2,1-2H3. The van der Waals surface area contributed by atoms with Crippen molar-refractivity contribution in [3.8, 4) is 0 Å². The smallest absolute Gasteiger partial charge is 0.129 e. The molecule has 2 aromatic heterocycles. The molecule has 0 fully saturated rings. The average molecular weight is 305 g/mol. The van der Waals surface area contributed by atoms with Gasteiger partial charge in [0.15, 0.2) is 0 Å². The van der Waals surface area contributed by atoms with Crippen molar-refractivity contribution in [1.82, 2.24) is 15.3 Å². The fraction of sp³-hybridized carbons (Fsp3) is 0.375. The van der Waals surface area contributed by atoms with Gasteiger partial charge < -0.3 is 10.2 Å². The van der Waals surface area contributed by atoms with Crippen molar-refractivity contribution in [2.45, 2.75) is 26.9 Å². The van der Waals surface area contributed by atoms with Crippen LogP contribution in [-0.4, -0.2) is 23.1 Å². The van der Waals surface area contributed by atoms with Crippen molar-refractivity contribution >= 4 is 17.4 Å². The van der Waals surface area contributed by atoms with Gasteiger partial charge in [-0.1, -0.05) is 24.6 Å². The van der Waals surface area contributed by atoms with Gasteiger partial charge in [-0.25, -0.2) is 4.98 Å². The zero-order valence-electron chi connectivity index (χ0n) is 12.5. The van der Waals surface area contributed by atoms with E-state index in [1.54, 1.807) is 0 Å². The van der Waals surface area contributed by atoms with E-state index >= 15 is 0 Å². The predicted molar refractivity (Wildman–Crippen MR) is 87.6 cm³/mol. The molecule has 0 saturated carbocycles. The molecule has 0 amide bonds. The Bertz CT molecular complexity index is 559. The van der Waals surface area contributed by atoms with E-state index in [1.165, 1.54) is 0 Å². The Labute approximate surface area is 131 Å². The van der Waals surface area contributed by atoms with Crippen LogP contribution >= 0.6 is 11.6 Å². The molecule has 0 atom stereocenters. The minimum absolute atomic E-state index is 0.685. The maximum Gasteiger partial charge on any atom is 0.129 e. The number of hydrogen-bond donors (Lipinski definition) is 1. The number of nitrogens with zero attached hydrogens (tertiary/aromatic N) is 3. The first-order valence-corrected chi connectivity index (χ1v) is 7.63. The highest BCUT2D eigenvalue weighted by Crippen LogP contribution is 2.20. The van der Waals surface area contributed by atoms with Crippen LogP contribution in [0.2, 0.25) is 5.02 Å². The highest BCUT2D eigenvalue weighted by Gasteiger charge is 2.10. The van der Waals surface area contributed by atoms with Crippen molar-refractivity contribution in [2.75, 3.05) is 18.0 Å². The molecule has 21 heavy (non-hydrogen) atoms. The van der Waals surface area contributed by atoms with Crippen LogP contribution in [0.15, 0.2) is 36.5 Å². The van der Waals surface area contributed by atoms with Gasteiger partial charge in [0.1, 0.15) is 5.82 Å². The van der Waals surface area contributed by atoms with Crippen LogP contribution in [-0.2, 0) is 13.1 Å². The van der Waals surface area contributed by atoms with Crippen molar-refractivity contribution in [3.05, 3.63) is 52.9 Å². The average Bonchev–Trinajstić information content (AvgIpc) is 2.53. The summed E-state index contributed by atoms with van der Waals surface area (Å²) in [5, 5.41) is 3.96. The Morgan fingerprint density at radius 3 is 2.71 bits per heavy atom. The lowest BCUT2D eigenvalue weighted by atomic mass is 10.3. The van der Waals surface area contributed by atoms with E-state index in [1.807, 2.05) is 36.5 Å². The number of hydrogen-bond acceptors (Lipinski definition) is 4. The molecule has 0 aliphatic carbocycles. The molecular weight excluding hydrogens is 284 g/mol. The summed E-state index contributed by atoms with van der Waals surface area (Å²) in [4.78, 5) is 11.2. The largest absolute Gasteiger partial charge is 0.351 e. The van der Waals surface area contributed by atoms with E-state index in [-0.39, 0.29) is 0 Å². The third-order valence-electron chi connectivity index (χ3n) is 3.23. The molecule has 0 aromatic carbocycles. The number of nitrogens with one attached hydrogen (secondary N) is 1. The molecule has 112 valence electrons. The highest BCUT2D eigenvalue weighted by atomic mass is 35.5. The molecule has 0 spiro atoms. The Balaban J connectivity index is 2.17. The maximum absolute atomic E-state index is 6.21. The van der Waals surface area contributed by atoms with E-state index < -0.39 is 0 Å². The lowest BCUT2D eigenvalue weighted by Crippen LogP contribution is -2.24. The highest BCUT2D eigenvalue weighted by molar-refractivity contribution is 6.31. The van der Waals surface area contributed by atoms with Gasteiger partial charge in [-0.15, -0.1) is 0 Å². The molecule has 2 rings (SSSR count). The molecule has 4 nitrogen and oxygen atoms in total. The molecule has 2 aromatic rings. The second-order valence-corrected chi connectivity index (χ2v) is 5.12. The van der Waals surface area contributed by atoms with Crippen LogP contribution in [0.5, 0.6) is 0 Å². The first kappa shape index (κ1) is 15.7.